The number of fused-ring (bicyclic) bond motifs is 1. The van der Waals surface area contributed by atoms with Crippen molar-refractivity contribution in [3.05, 3.63) is 52.8 Å². The Bertz CT molecular complexity index is 887. The summed E-state index contributed by atoms with van der Waals surface area (Å²) in [7, 11) is 0. The van der Waals surface area contributed by atoms with Crippen LogP contribution < -0.4 is 11.1 Å². The molecule has 0 bridgehead atoms. The molecule has 0 saturated heterocycles. The number of hydrogen-bond donors (Lipinski definition) is 2. The van der Waals surface area contributed by atoms with Crippen LogP contribution in [0.1, 0.15) is 35.5 Å². The van der Waals surface area contributed by atoms with Crippen molar-refractivity contribution >= 4 is 17.6 Å². The van der Waals surface area contributed by atoms with Crippen LogP contribution in [0.4, 0.5) is 5.95 Å². The van der Waals surface area contributed by atoms with Crippen molar-refractivity contribution in [3.63, 3.8) is 0 Å². The summed E-state index contributed by atoms with van der Waals surface area (Å²) in [6.45, 7) is 5.71. The van der Waals surface area contributed by atoms with E-state index in [2.05, 4.69) is 20.4 Å². The number of carbonyl (C=O) groups excluding carboxylic acids is 1. The van der Waals surface area contributed by atoms with Crippen molar-refractivity contribution in [1.82, 2.24) is 24.9 Å². The highest BCUT2D eigenvalue weighted by Crippen LogP contribution is 2.16. The van der Waals surface area contributed by atoms with Gasteiger partial charge in [0.25, 0.3) is 5.78 Å². The normalized spacial score (nSPS) is 12.3. The van der Waals surface area contributed by atoms with Crippen molar-refractivity contribution in [2.24, 2.45) is 0 Å². The zero-order chi connectivity index (χ0) is 17.3. The van der Waals surface area contributed by atoms with Gasteiger partial charge in [-0.05, 0) is 26.3 Å². The van der Waals surface area contributed by atoms with Gasteiger partial charge in [0.15, 0.2) is 0 Å². The zero-order valence-corrected chi connectivity index (χ0v) is 13.9. The molecule has 7 heteroatoms. The van der Waals surface area contributed by atoms with Gasteiger partial charge in [0.05, 0.1) is 12.5 Å². The Morgan fingerprint density at radius 3 is 2.67 bits per heavy atom. The molecule has 0 fully saturated rings. The predicted molar refractivity (Wildman–Crippen MR) is 91.4 cm³/mol. The molecule has 1 amide bonds. The Morgan fingerprint density at radius 2 is 1.96 bits per heavy atom. The number of rotatable bonds is 4. The van der Waals surface area contributed by atoms with Crippen molar-refractivity contribution in [1.29, 1.82) is 0 Å². The van der Waals surface area contributed by atoms with Gasteiger partial charge in [-0.25, -0.2) is 4.98 Å². The molecule has 0 radical (unpaired) electrons. The molecule has 124 valence electrons. The molecule has 0 spiro atoms. The number of nitrogens with zero attached hydrogens (tertiary/aromatic N) is 4. The first-order chi connectivity index (χ1) is 11.5. The minimum atomic E-state index is -0.0632. The topological polar surface area (TPSA) is 98.2 Å². The van der Waals surface area contributed by atoms with Gasteiger partial charge in [-0.1, -0.05) is 30.3 Å². The maximum Gasteiger partial charge on any atom is 0.254 e. The lowest BCUT2D eigenvalue weighted by molar-refractivity contribution is -0.121. The number of nitrogens with one attached hydrogen (secondary N) is 1. The fraction of sp³-hybridized carbons (Fsp3) is 0.294. The number of hydrogen-bond acceptors (Lipinski definition) is 5. The van der Waals surface area contributed by atoms with Gasteiger partial charge in [0, 0.05) is 17.0 Å². The van der Waals surface area contributed by atoms with E-state index in [4.69, 9.17) is 5.73 Å². The molecule has 2 heterocycles. The van der Waals surface area contributed by atoms with Gasteiger partial charge in [0.2, 0.25) is 11.9 Å². The summed E-state index contributed by atoms with van der Waals surface area (Å²) in [5.74, 6) is 0.556. The lowest BCUT2D eigenvalue weighted by Crippen LogP contribution is -2.29. The van der Waals surface area contributed by atoms with Crippen molar-refractivity contribution in [2.75, 3.05) is 5.73 Å². The Kier molecular flexibility index (Phi) is 4.16. The number of aromatic nitrogens is 4. The van der Waals surface area contributed by atoms with Crippen LogP contribution in [0.2, 0.25) is 0 Å². The van der Waals surface area contributed by atoms with Crippen molar-refractivity contribution in [2.45, 2.75) is 33.2 Å². The van der Waals surface area contributed by atoms with Gasteiger partial charge in [0.1, 0.15) is 0 Å². The van der Waals surface area contributed by atoms with Gasteiger partial charge in [-0.15, -0.1) is 5.10 Å². The number of benzene rings is 1. The van der Waals surface area contributed by atoms with Crippen LogP contribution in [-0.2, 0) is 11.2 Å². The molecule has 0 aliphatic rings. The highest BCUT2D eigenvalue weighted by molar-refractivity contribution is 5.79. The lowest BCUT2D eigenvalue weighted by Gasteiger charge is -2.15. The minimum absolute atomic E-state index is 0.0574. The molecule has 3 N–H and O–H groups in total. The van der Waals surface area contributed by atoms with E-state index in [1.807, 2.05) is 51.1 Å². The summed E-state index contributed by atoms with van der Waals surface area (Å²) in [5.41, 5.74) is 9.12. The first kappa shape index (κ1) is 15.9. The third-order valence-corrected chi connectivity index (χ3v) is 4.08. The number of anilines is 1. The van der Waals surface area contributed by atoms with Crippen LogP contribution in [0.3, 0.4) is 0 Å². The third kappa shape index (κ3) is 3.05. The van der Waals surface area contributed by atoms with Gasteiger partial charge >= 0.3 is 0 Å². The van der Waals surface area contributed by atoms with Crippen LogP contribution in [0.15, 0.2) is 30.3 Å². The largest absolute Gasteiger partial charge is 0.366 e. The number of aryl methyl sites for hydroxylation is 2. The molecule has 24 heavy (non-hydrogen) atoms. The van der Waals surface area contributed by atoms with Crippen LogP contribution in [0.25, 0.3) is 5.78 Å². The Balaban J connectivity index is 1.80. The minimum Gasteiger partial charge on any atom is -0.366 e. The van der Waals surface area contributed by atoms with Crippen LogP contribution in [-0.4, -0.2) is 25.5 Å². The van der Waals surface area contributed by atoms with E-state index in [0.717, 1.165) is 22.5 Å². The smallest absolute Gasteiger partial charge is 0.254 e. The van der Waals surface area contributed by atoms with E-state index in [9.17, 15) is 4.79 Å². The van der Waals surface area contributed by atoms with Crippen LogP contribution >= 0.6 is 0 Å². The average molecular weight is 324 g/mol. The first-order valence-electron chi connectivity index (χ1n) is 7.78. The van der Waals surface area contributed by atoms with Crippen LogP contribution in [0, 0.1) is 13.8 Å². The van der Waals surface area contributed by atoms with E-state index in [1.165, 1.54) is 0 Å². The predicted octanol–water partition coefficient (Wildman–Crippen LogP) is 1.74. The van der Waals surface area contributed by atoms with E-state index in [-0.39, 0.29) is 24.3 Å². The second-order valence-corrected chi connectivity index (χ2v) is 5.82. The summed E-state index contributed by atoms with van der Waals surface area (Å²) in [6, 6.07) is 9.80. The summed E-state index contributed by atoms with van der Waals surface area (Å²) in [6.07, 6.45) is 0.234. The summed E-state index contributed by atoms with van der Waals surface area (Å²) >= 11 is 0. The molecule has 0 saturated carbocycles. The number of nitrogen functional groups attached to an aromatic ring is 1. The molecule has 2 aromatic heterocycles. The van der Waals surface area contributed by atoms with Crippen molar-refractivity contribution in [3.8, 4) is 0 Å². The third-order valence-electron chi connectivity index (χ3n) is 4.08. The summed E-state index contributed by atoms with van der Waals surface area (Å²) < 4.78 is 1.57. The molecular weight excluding hydrogens is 304 g/mol. The summed E-state index contributed by atoms with van der Waals surface area (Å²) in [5, 5.41) is 7.14. The Hall–Kier alpha value is -2.96. The zero-order valence-electron chi connectivity index (χ0n) is 13.9. The van der Waals surface area contributed by atoms with Gasteiger partial charge in [-0.3, -0.25) is 4.79 Å². The summed E-state index contributed by atoms with van der Waals surface area (Å²) in [4.78, 5) is 20.9. The molecule has 7 nitrogen and oxygen atoms in total. The highest BCUT2D eigenvalue weighted by atomic mass is 16.1. The standard InChI is InChI=1S/C17H20N6O/c1-10(13-7-5-4-6-8-13)19-15(24)9-14-11(2)20-17-21-16(18)22-23(17)12(14)3/h4-8,10H,9H2,1-3H3,(H2,18,22)(H,19,24)/t10-/m1/s1. The fourth-order valence-electron chi connectivity index (χ4n) is 2.76. The van der Waals surface area contributed by atoms with E-state index in [1.54, 1.807) is 4.52 Å². The SMILES string of the molecule is Cc1nc2nc(N)nn2c(C)c1CC(=O)N[C@H](C)c1ccccc1. The van der Waals surface area contributed by atoms with E-state index < -0.39 is 0 Å². The van der Waals surface area contributed by atoms with Gasteiger partial charge < -0.3 is 11.1 Å². The average Bonchev–Trinajstić information content (AvgIpc) is 2.92. The maximum atomic E-state index is 12.4. The molecule has 1 aromatic carbocycles. The first-order valence-corrected chi connectivity index (χ1v) is 7.78. The molecule has 0 aliphatic carbocycles. The number of amides is 1. The molecular formula is C17H20N6O. The second kappa shape index (κ2) is 6.27. The molecule has 3 rings (SSSR count). The fourth-order valence-corrected chi connectivity index (χ4v) is 2.76. The van der Waals surface area contributed by atoms with Crippen molar-refractivity contribution < 1.29 is 4.79 Å². The van der Waals surface area contributed by atoms with E-state index in [0.29, 0.717) is 5.78 Å². The number of carbonyl (C=O) groups is 1. The Labute approximate surface area is 139 Å². The quantitative estimate of drug-likeness (QED) is 0.762. The lowest BCUT2D eigenvalue weighted by atomic mass is 10.1. The van der Waals surface area contributed by atoms with Gasteiger partial charge in [-0.2, -0.15) is 9.50 Å². The monoisotopic (exact) mass is 324 g/mol. The number of nitrogens with two attached hydrogens (primary N) is 1. The van der Waals surface area contributed by atoms with Crippen LogP contribution in [0.5, 0.6) is 0 Å². The molecule has 0 aliphatic heterocycles. The Morgan fingerprint density at radius 1 is 1.25 bits per heavy atom. The highest BCUT2D eigenvalue weighted by Gasteiger charge is 2.16. The molecule has 3 aromatic rings. The molecule has 1 atom stereocenters. The molecule has 0 unspecified atom stereocenters. The van der Waals surface area contributed by atoms with E-state index >= 15 is 0 Å². The maximum absolute atomic E-state index is 12.4. The second-order valence-electron chi connectivity index (χ2n) is 5.82.